The summed E-state index contributed by atoms with van der Waals surface area (Å²) in [4.78, 5) is 12.4. The molecule has 1 aromatic carbocycles. The van der Waals surface area contributed by atoms with Crippen LogP contribution in [-0.2, 0) is 11.2 Å². The van der Waals surface area contributed by atoms with E-state index in [-0.39, 0.29) is 5.41 Å². The van der Waals surface area contributed by atoms with Crippen molar-refractivity contribution in [2.45, 2.75) is 64.7 Å². The Morgan fingerprint density at radius 2 is 2.09 bits per heavy atom. The number of rotatable bonds is 3. The van der Waals surface area contributed by atoms with Gasteiger partial charge in [0, 0.05) is 11.8 Å². The lowest BCUT2D eigenvalue weighted by Gasteiger charge is -2.48. The summed E-state index contributed by atoms with van der Waals surface area (Å²) >= 11 is 0. The van der Waals surface area contributed by atoms with Crippen molar-refractivity contribution < 1.29 is 9.53 Å². The lowest BCUT2D eigenvalue weighted by atomic mass is 9.55. The number of aryl methyl sites for hydroxylation is 1. The summed E-state index contributed by atoms with van der Waals surface area (Å²) in [6, 6.07) is 6.75. The van der Waals surface area contributed by atoms with Gasteiger partial charge in [-0.15, -0.1) is 0 Å². The molecular weight excluding hydrogens is 284 g/mol. The lowest BCUT2D eigenvalue weighted by molar-refractivity contribution is -0.129. The van der Waals surface area contributed by atoms with E-state index in [0.717, 1.165) is 50.4 Å². The molecule has 0 bridgehead atoms. The third-order valence-corrected chi connectivity index (χ3v) is 6.88. The van der Waals surface area contributed by atoms with Gasteiger partial charge in [0.15, 0.2) is 0 Å². The summed E-state index contributed by atoms with van der Waals surface area (Å²) in [5, 5.41) is 0. The number of ether oxygens (including phenoxy) is 1. The largest absolute Gasteiger partial charge is 0.494 e. The molecule has 0 amide bonds. The zero-order chi connectivity index (χ0) is 16.0. The van der Waals surface area contributed by atoms with Crippen LogP contribution in [0, 0.1) is 17.3 Å². The van der Waals surface area contributed by atoms with Crippen LogP contribution >= 0.6 is 0 Å². The Balaban J connectivity index is 1.61. The molecule has 2 heteroatoms. The second-order valence-corrected chi connectivity index (χ2v) is 8.04. The summed E-state index contributed by atoms with van der Waals surface area (Å²) in [5.41, 5.74) is 3.03. The molecule has 3 aliphatic carbocycles. The fourth-order valence-electron chi connectivity index (χ4n) is 5.64. The third kappa shape index (κ3) is 2.33. The Morgan fingerprint density at radius 3 is 2.91 bits per heavy atom. The number of Topliss-reactive ketones (excluding diaryl/α,β-unsaturated/α-hetero) is 1. The summed E-state index contributed by atoms with van der Waals surface area (Å²) in [7, 11) is 0. The van der Waals surface area contributed by atoms with Crippen molar-refractivity contribution in [2.75, 3.05) is 6.61 Å². The van der Waals surface area contributed by atoms with Gasteiger partial charge in [-0.3, -0.25) is 4.79 Å². The smallest absolute Gasteiger partial charge is 0.139 e. The molecule has 0 N–H and O–H groups in total. The molecule has 4 rings (SSSR count). The molecule has 0 heterocycles. The van der Waals surface area contributed by atoms with Crippen LogP contribution in [0.15, 0.2) is 18.2 Å². The number of benzene rings is 1. The van der Waals surface area contributed by atoms with Gasteiger partial charge < -0.3 is 4.74 Å². The molecule has 2 nitrogen and oxygen atoms in total. The maximum Gasteiger partial charge on any atom is 0.139 e. The van der Waals surface area contributed by atoms with Crippen LogP contribution in [0.25, 0.3) is 0 Å². The first kappa shape index (κ1) is 15.2. The predicted octanol–water partition coefficient (Wildman–Crippen LogP) is 4.90. The lowest BCUT2D eigenvalue weighted by Crippen LogP contribution is -2.42. The number of hydrogen-bond acceptors (Lipinski definition) is 2. The highest BCUT2D eigenvalue weighted by atomic mass is 16.5. The second kappa shape index (κ2) is 5.65. The van der Waals surface area contributed by atoms with Crippen molar-refractivity contribution in [2.24, 2.45) is 17.3 Å². The van der Waals surface area contributed by atoms with Crippen LogP contribution < -0.4 is 4.74 Å². The predicted molar refractivity (Wildman–Crippen MR) is 91.9 cm³/mol. The van der Waals surface area contributed by atoms with E-state index in [2.05, 4.69) is 32.0 Å². The molecule has 0 saturated heterocycles. The van der Waals surface area contributed by atoms with Gasteiger partial charge in [-0.05, 0) is 79.5 Å². The van der Waals surface area contributed by atoms with Crippen LogP contribution in [0.1, 0.15) is 69.4 Å². The van der Waals surface area contributed by atoms with Crippen LogP contribution in [0.3, 0.4) is 0 Å². The standard InChI is InChI=1S/C21H28O2/c1-3-12-23-15-5-7-16-14(13-15)4-6-18-17(16)10-11-21(2)19(18)8-9-20(21)22/h5,7,13,17-19H,3-4,6,8-12H2,1-2H3/t17-,18+,19-,21-/m0/s1. The molecule has 3 aliphatic rings. The van der Waals surface area contributed by atoms with Crippen molar-refractivity contribution in [1.82, 2.24) is 0 Å². The fraction of sp³-hybridized carbons (Fsp3) is 0.667. The van der Waals surface area contributed by atoms with E-state index in [1.54, 1.807) is 5.56 Å². The van der Waals surface area contributed by atoms with E-state index in [4.69, 9.17) is 4.74 Å². The molecule has 2 fully saturated rings. The minimum absolute atomic E-state index is 0.0111. The summed E-state index contributed by atoms with van der Waals surface area (Å²) in [6.45, 7) is 5.19. The first-order valence-corrected chi connectivity index (χ1v) is 9.42. The SMILES string of the molecule is CCCOc1ccc2c(c1)CC[C@@H]1[C@H]2CC[C@]2(C)C(=O)CC[C@@H]12. The van der Waals surface area contributed by atoms with Crippen LogP contribution in [-0.4, -0.2) is 12.4 Å². The van der Waals surface area contributed by atoms with Gasteiger partial charge in [0.2, 0.25) is 0 Å². The van der Waals surface area contributed by atoms with Crippen molar-refractivity contribution in [3.8, 4) is 5.75 Å². The van der Waals surface area contributed by atoms with Crippen molar-refractivity contribution in [1.29, 1.82) is 0 Å². The first-order chi connectivity index (χ1) is 11.1. The number of carbonyl (C=O) groups excluding carboxylic acids is 1. The molecule has 0 aliphatic heterocycles. The normalized spacial score (nSPS) is 35.4. The quantitative estimate of drug-likeness (QED) is 0.793. The minimum atomic E-state index is -0.0111. The zero-order valence-corrected chi connectivity index (χ0v) is 14.4. The van der Waals surface area contributed by atoms with Crippen molar-refractivity contribution >= 4 is 5.78 Å². The van der Waals surface area contributed by atoms with Gasteiger partial charge in [-0.25, -0.2) is 0 Å². The van der Waals surface area contributed by atoms with E-state index in [9.17, 15) is 4.79 Å². The van der Waals surface area contributed by atoms with Gasteiger partial charge in [0.05, 0.1) is 6.61 Å². The van der Waals surface area contributed by atoms with Gasteiger partial charge >= 0.3 is 0 Å². The topological polar surface area (TPSA) is 26.3 Å². The first-order valence-electron chi connectivity index (χ1n) is 9.42. The van der Waals surface area contributed by atoms with Gasteiger partial charge in [0.1, 0.15) is 11.5 Å². The highest BCUT2D eigenvalue weighted by molar-refractivity contribution is 5.87. The highest BCUT2D eigenvalue weighted by Crippen LogP contribution is 2.59. The number of carbonyl (C=O) groups is 1. The molecule has 23 heavy (non-hydrogen) atoms. The second-order valence-electron chi connectivity index (χ2n) is 8.04. The maximum absolute atomic E-state index is 12.4. The Hall–Kier alpha value is -1.31. The van der Waals surface area contributed by atoms with Gasteiger partial charge in [-0.2, -0.15) is 0 Å². The van der Waals surface area contributed by atoms with Gasteiger partial charge in [0.25, 0.3) is 0 Å². The molecule has 0 aromatic heterocycles. The Morgan fingerprint density at radius 1 is 1.22 bits per heavy atom. The van der Waals surface area contributed by atoms with E-state index in [0.29, 0.717) is 17.6 Å². The summed E-state index contributed by atoms with van der Waals surface area (Å²) < 4.78 is 5.81. The van der Waals surface area contributed by atoms with Crippen molar-refractivity contribution in [3.05, 3.63) is 29.3 Å². The average molecular weight is 312 g/mol. The summed E-state index contributed by atoms with van der Waals surface area (Å²) in [6.07, 6.45) is 7.68. The average Bonchev–Trinajstić information content (AvgIpc) is 2.88. The van der Waals surface area contributed by atoms with E-state index in [1.165, 1.54) is 18.4 Å². The molecule has 1 aromatic rings. The van der Waals surface area contributed by atoms with E-state index in [1.807, 2.05) is 0 Å². The molecule has 0 spiro atoms. The van der Waals surface area contributed by atoms with Crippen LogP contribution in [0.5, 0.6) is 5.75 Å². The zero-order valence-electron chi connectivity index (χ0n) is 14.4. The highest BCUT2D eigenvalue weighted by Gasteiger charge is 2.54. The summed E-state index contributed by atoms with van der Waals surface area (Å²) in [5.74, 6) is 3.58. The Labute approximate surface area is 139 Å². The molecule has 2 saturated carbocycles. The Bertz CT molecular complexity index is 620. The molecular formula is C21H28O2. The molecule has 124 valence electrons. The van der Waals surface area contributed by atoms with Crippen LogP contribution in [0.2, 0.25) is 0 Å². The molecule has 4 atom stereocenters. The Kier molecular flexibility index (Phi) is 3.74. The number of hydrogen-bond donors (Lipinski definition) is 0. The van der Waals surface area contributed by atoms with E-state index < -0.39 is 0 Å². The maximum atomic E-state index is 12.4. The molecule has 0 radical (unpaired) electrons. The number of fused-ring (bicyclic) bond motifs is 5. The third-order valence-electron chi connectivity index (χ3n) is 6.88. The van der Waals surface area contributed by atoms with E-state index >= 15 is 0 Å². The fourth-order valence-corrected chi connectivity index (χ4v) is 5.64. The minimum Gasteiger partial charge on any atom is -0.494 e. The monoisotopic (exact) mass is 312 g/mol. The van der Waals surface area contributed by atoms with Crippen LogP contribution in [0.4, 0.5) is 0 Å². The van der Waals surface area contributed by atoms with Crippen molar-refractivity contribution in [3.63, 3.8) is 0 Å². The molecule has 0 unspecified atom stereocenters. The van der Waals surface area contributed by atoms with Gasteiger partial charge in [-0.1, -0.05) is 19.9 Å². The number of ketones is 1.